The molecule has 0 spiro atoms. The van der Waals surface area contributed by atoms with Gasteiger partial charge in [0.05, 0.1) is 67.0 Å². The Labute approximate surface area is 563 Å². The van der Waals surface area contributed by atoms with E-state index in [1.807, 2.05) is 0 Å². The molecule has 2 unspecified atom stereocenters. The third-order valence-corrected chi connectivity index (χ3v) is 20.7. The van der Waals surface area contributed by atoms with E-state index in [1.54, 1.807) is 0 Å². The van der Waals surface area contributed by atoms with E-state index in [0.717, 1.165) is 143 Å². The molecule has 0 radical (unpaired) electrons. The largest absolute Gasteiger partial charge is 0.364 e. The van der Waals surface area contributed by atoms with Crippen molar-refractivity contribution < 1.29 is 0 Å². The Kier molecular flexibility index (Phi) is 11.7. The first-order valence-electron chi connectivity index (χ1n) is 33.6. The lowest BCUT2D eigenvalue weighted by Gasteiger charge is -2.28. The number of nitrogens with zero attached hydrogens (tertiary/aromatic N) is 8. The van der Waals surface area contributed by atoms with Crippen LogP contribution in [0.25, 0.3) is 155 Å². The molecule has 0 fully saturated rings. The summed E-state index contributed by atoms with van der Waals surface area (Å²) in [5.41, 5.74) is 22.5. The Morgan fingerprint density at radius 2 is 0.663 bits per heavy atom. The van der Waals surface area contributed by atoms with Crippen LogP contribution in [0.15, 0.2) is 328 Å². The number of aromatic nitrogens is 7. The Morgan fingerprint density at radius 3 is 1.16 bits per heavy atom. The molecule has 458 valence electrons. The van der Waals surface area contributed by atoms with Gasteiger partial charge in [0.15, 0.2) is 17.5 Å². The van der Waals surface area contributed by atoms with Crippen LogP contribution in [0.1, 0.15) is 17.0 Å². The van der Waals surface area contributed by atoms with Gasteiger partial charge in [0, 0.05) is 71.3 Å². The van der Waals surface area contributed by atoms with Crippen molar-refractivity contribution in [3.8, 4) is 68.0 Å². The number of rotatable bonds is 9. The second-order valence-corrected chi connectivity index (χ2v) is 25.9. The molecule has 0 bridgehead atoms. The molecular formula is C89H57N9. The monoisotopic (exact) mass is 1250 g/mol. The summed E-state index contributed by atoms with van der Waals surface area (Å²) in [6, 6.07) is 119. The van der Waals surface area contributed by atoms with Crippen molar-refractivity contribution in [2.75, 3.05) is 10.2 Å². The molecule has 0 saturated carbocycles. The van der Waals surface area contributed by atoms with Gasteiger partial charge in [-0.1, -0.05) is 243 Å². The van der Waals surface area contributed by atoms with E-state index in [0.29, 0.717) is 17.5 Å². The third-order valence-electron chi connectivity index (χ3n) is 20.7. The Hall–Kier alpha value is -13.1. The zero-order chi connectivity index (χ0) is 64.1. The van der Waals surface area contributed by atoms with Crippen molar-refractivity contribution in [3.63, 3.8) is 0 Å². The summed E-state index contributed by atoms with van der Waals surface area (Å²) in [5.74, 6) is 2.16. The summed E-state index contributed by atoms with van der Waals surface area (Å²) >= 11 is 0. The van der Waals surface area contributed by atoms with E-state index in [-0.39, 0.29) is 12.1 Å². The first kappa shape index (κ1) is 54.3. The van der Waals surface area contributed by atoms with Gasteiger partial charge in [0.1, 0.15) is 17.5 Å². The number of fused-ring (bicyclic) bond motifs is 17. The average molecular weight is 1250 g/mol. The number of para-hydroxylation sites is 9. The SMILES string of the molecule is c1ccc(-c2cc(-c3ccccc3)nc(-c3c(-n4c5ccccc5c5ccccc54)c(-n4c5ccccc5c5ccccc54)nc(-n4c5ccccc5c5cc(-c6cccc(N7c8ccccc8C8c9ccccc9NC87)c6)ccc54)c3-n3c4ccccc4c4ccccc43)n2)cc1. The van der Waals surface area contributed by atoms with Crippen molar-refractivity contribution in [3.05, 3.63) is 339 Å². The number of hydrogen-bond acceptors (Lipinski definition) is 5. The minimum Gasteiger partial charge on any atom is -0.364 e. The van der Waals surface area contributed by atoms with E-state index in [1.165, 1.54) is 22.5 Å². The summed E-state index contributed by atoms with van der Waals surface area (Å²) in [4.78, 5) is 21.0. The predicted molar refractivity (Wildman–Crippen MR) is 403 cm³/mol. The van der Waals surface area contributed by atoms with Crippen LogP contribution < -0.4 is 10.2 Å². The van der Waals surface area contributed by atoms with Crippen LogP contribution in [0.4, 0.5) is 17.1 Å². The van der Waals surface area contributed by atoms with Crippen LogP contribution in [0.3, 0.4) is 0 Å². The number of nitrogens with one attached hydrogen (secondary N) is 1. The van der Waals surface area contributed by atoms with E-state index in [9.17, 15) is 0 Å². The molecule has 21 rings (SSSR count). The third kappa shape index (κ3) is 7.92. The van der Waals surface area contributed by atoms with E-state index < -0.39 is 0 Å². The summed E-state index contributed by atoms with van der Waals surface area (Å²) < 4.78 is 9.77. The van der Waals surface area contributed by atoms with Gasteiger partial charge >= 0.3 is 0 Å². The van der Waals surface area contributed by atoms with Gasteiger partial charge < -0.3 is 19.4 Å². The number of benzene rings is 13. The molecule has 6 aromatic heterocycles. The maximum Gasteiger partial charge on any atom is 0.165 e. The molecule has 0 saturated heterocycles. The topological polar surface area (TPSA) is 73.7 Å². The number of anilines is 3. The maximum absolute atomic E-state index is 6.56. The highest BCUT2D eigenvalue weighted by Gasteiger charge is 2.45. The molecule has 2 atom stereocenters. The van der Waals surface area contributed by atoms with Gasteiger partial charge in [-0.15, -0.1) is 0 Å². The smallest absolute Gasteiger partial charge is 0.165 e. The molecule has 0 aliphatic carbocycles. The molecule has 8 heterocycles. The fraction of sp³-hybridized carbons (Fsp3) is 0.0225. The summed E-state index contributed by atoms with van der Waals surface area (Å²) in [6.45, 7) is 0. The molecule has 98 heavy (non-hydrogen) atoms. The van der Waals surface area contributed by atoms with Crippen LogP contribution in [-0.4, -0.2) is 39.4 Å². The van der Waals surface area contributed by atoms with Crippen molar-refractivity contribution in [2.24, 2.45) is 0 Å². The average Bonchev–Trinajstić information content (AvgIpc) is 1.47. The van der Waals surface area contributed by atoms with Gasteiger partial charge in [-0.05, 0) is 107 Å². The van der Waals surface area contributed by atoms with Gasteiger partial charge in [-0.25, -0.2) is 15.0 Å². The predicted octanol–water partition coefficient (Wildman–Crippen LogP) is 22.0. The van der Waals surface area contributed by atoms with Crippen molar-refractivity contribution in [1.29, 1.82) is 0 Å². The molecular weight excluding hydrogens is 1200 g/mol. The van der Waals surface area contributed by atoms with Crippen LogP contribution in [0.5, 0.6) is 0 Å². The minimum atomic E-state index is 0.0338. The Balaban J connectivity index is 0.931. The fourth-order valence-corrected chi connectivity index (χ4v) is 16.5. The molecule has 1 N–H and O–H groups in total. The zero-order valence-corrected chi connectivity index (χ0v) is 52.9. The van der Waals surface area contributed by atoms with Crippen LogP contribution in [0, 0.1) is 0 Å². The molecule has 13 aromatic carbocycles. The van der Waals surface area contributed by atoms with Crippen molar-refractivity contribution in [2.45, 2.75) is 12.1 Å². The Morgan fingerprint density at radius 1 is 0.276 bits per heavy atom. The molecule has 19 aromatic rings. The summed E-state index contributed by atoms with van der Waals surface area (Å²) in [5, 5.41) is 12.8. The molecule has 2 aliphatic heterocycles. The first-order valence-corrected chi connectivity index (χ1v) is 33.6. The van der Waals surface area contributed by atoms with Gasteiger partial charge in [-0.3, -0.25) is 9.13 Å². The lowest BCUT2D eigenvalue weighted by molar-refractivity contribution is 0.727. The minimum absolute atomic E-state index is 0.0338. The van der Waals surface area contributed by atoms with Crippen LogP contribution in [0.2, 0.25) is 0 Å². The Bertz CT molecular complexity index is 6290. The standard InChI is InChI=1S/C89H57N9/c1-3-26-55(27-4-1)71-54-72(56-28-5-2-6-29-56)91-86(90-71)83-84(95-73-42-17-8-32-60(73)61-33-9-18-43-74(61)95)88(97-77-46-21-12-36-64(77)65-37-13-22-47-78(65)97)93-89(85(83)96-75-44-19-10-34-62(75)63-35-11-20-45-76(63)96)98-79-48-23-14-38-66(79)69-53-58(50-51-81(69)98)57-30-25-31-59(52-57)94-80-49-24-15-40-68(80)82-67-39-7-16-41-70(67)92-87(82)94/h1-54,82,87,92H. The van der Waals surface area contributed by atoms with Gasteiger partial charge in [0.2, 0.25) is 0 Å². The molecule has 9 nitrogen and oxygen atoms in total. The van der Waals surface area contributed by atoms with E-state index in [4.69, 9.17) is 15.0 Å². The second kappa shape index (κ2) is 21.2. The number of pyridine rings is 1. The highest BCUT2D eigenvalue weighted by molar-refractivity contribution is 6.16. The first-order chi connectivity index (χ1) is 48.7. The highest BCUT2D eigenvalue weighted by atomic mass is 15.3. The molecule has 0 amide bonds. The van der Waals surface area contributed by atoms with E-state index in [2.05, 4.69) is 356 Å². The van der Waals surface area contributed by atoms with Crippen molar-refractivity contribution in [1.82, 2.24) is 33.2 Å². The lowest BCUT2D eigenvalue weighted by Crippen LogP contribution is -2.33. The fourth-order valence-electron chi connectivity index (χ4n) is 16.5. The summed E-state index contributed by atoms with van der Waals surface area (Å²) in [7, 11) is 0. The van der Waals surface area contributed by atoms with Crippen LogP contribution >= 0.6 is 0 Å². The number of hydrogen-bond donors (Lipinski definition) is 1. The van der Waals surface area contributed by atoms with Crippen LogP contribution in [-0.2, 0) is 0 Å². The lowest BCUT2D eigenvalue weighted by atomic mass is 9.93. The molecule has 2 aliphatic rings. The zero-order valence-electron chi connectivity index (χ0n) is 52.9. The van der Waals surface area contributed by atoms with E-state index >= 15 is 0 Å². The van der Waals surface area contributed by atoms with Gasteiger partial charge in [0.25, 0.3) is 0 Å². The quantitative estimate of drug-likeness (QED) is 0.156. The van der Waals surface area contributed by atoms with Crippen molar-refractivity contribution >= 4 is 104 Å². The molecule has 9 heteroatoms. The summed E-state index contributed by atoms with van der Waals surface area (Å²) in [6.07, 6.45) is 0.0338. The highest BCUT2D eigenvalue weighted by Crippen LogP contribution is 2.55. The maximum atomic E-state index is 6.56. The van der Waals surface area contributed by atoms with Gasteiger partial charge in [-0.2, -0.15) is 0 Å². The normalized spacial score (nSPS) is 14.2. The second-order valence-electron chi connectivity index (χ2n) is 25.9.